The third-order valence-electron chi connectivity index (χ3n) is 8.97. The zero-order valence-corrected chi connectivity index (χ0v) is 41.9. The maximum absolute atomic E-state index is 13.0. The van der Waals surface area contributed by atoms with Crippen LogP contribution in [0.5, 0.6) is 0 Å². The quantitative estimate of drug-likeness (QED) is 0.0570. The summed E-state index contributed by atoms with van der Waals surface area (Å²) in [6.45, 7) is 7.42. The lowest BCUT2D eigenvalue weighted by atomic mass is 9.98. The van der Waals surface area contributed by atoms with Gasteiger partial charge in [0, 0.05) is 60.8 Å². The molecule has 1 fully saturated rings. The summed E-state index contributed by atoms with van der Waals surface area (Å²) in [6, 6.07) is 28.3. The van der Waals surface area contributed by atoms with E-state index in [9.17, 15) is 49.1 Å². The molecule has 3 amide bonds. The van der Waals surface area contributed by atoms with E-state index in [0.29, 0.717) is 5.12 Å². The van der Waals surface area contributed by atoms with Crippen LogP contribution < -0.4 is 21.7 Å². The number of nitrogens with zero attached hydrogens (tertiary/aromatic N) is 2. The zero-order valence-electron chi connectivity index (χ0n) is 35.4. The molecule has 0 unspecified atom stereocenters. The summed E-state index contributed by atoms with van der Waals surface area (Å²) in [5.74, 6) is -0.399. The van der Waals surface area contributed by atoms with Crippen LogP contribution in [-0.2, 0) is 34.6 Å². The van der Waals surface area contributed by atoms with Crippen LogP contribution in [0.1, 0.15) is 36.2 Å². The molecule has 1 saturated heterocycles. The van der Waals surface area contributed by atoms with Gasteiger partial charge in [-0.05, 0) is 84.6 Å². The van der Waals surface area contributed by atoms with Crippen molar-refractivity contribution in [1.29, 1.82) is 0 Å². The molecule has 5 aromatic carbocycles. The first kappa shape index (κ1) is 55.1. The Hall–Kier alpha value is -4.47. The minimum atomic E-state index is -4.49. The molecule has 0 bridgehead atoms. The van der Waals surface area contributed by atoms with Crippen molar-refractivity contribution in [2.24, 2.45) is 0 Å². The van der Waals surface area contributed by atoms with E-state index in [1.807, 2.05) is 48.7 Å². The Balaban J connectivity index is 0.000000265. The van der Waals surface area contributed by atoms with Crippen molar-refractivity contribution in [2.75, 3.05) is 48.0 Å². The number of halogens is 12. The number of nitrogens with one attached hydrogen (secondary N) is 3. The maximum atomic E-state index is 13.0. The van der Waals surface area contributed by atoms with E-state index in [1.165, 1.54) is 43.3 Å². The summed E-state index contributed by atoms with van der Waals surface area (Å²) in [5, 5.41) is 9.24. The lowest BCUT2D eigenvalue weighted by molar-refractivity contribution is -0.138. The first-order valence-electron chi connectivity index (χ1n) is 19.7. The van der Waals surface area contributed by atoms with Gasteiger partial charge in [0.2, 0.25) is 5.91 Å². The Morgan fingerprint density at radius 2 is 1.16 bits per heavy atom. The lowest BCUT2D eigenvalue weighted by Crippen LogP contribution is -2.35. The highest BCUT2D eigenvalue weighted by atomic mass is 127. The number of anilines is 4. The summed E-state index contributed by atoms with van der Waals surface area (Å²) in [6.07, 6.45) is -11.3. The highest BCUT2D eigenvalue weighted by Gasteiger charge is 2.32. The van der Waals surface area contributed by atoms with Crippen molar-refractivity contribution in [1.82, 2.24) is 9.88 Å². The van der Waals surface area contributed by atoms with Crippen molar-refractivity contribution in [3.05, 3.63) is 150 Å². The number of aromatic nitrogens is 1. The number of ether oxygens (including phenoxy) is 1. The number of urea groups is 1. The van der Waals surface area contributed by atoms with Crippen LogP contribution in [0.25, 0.3) is 21.9 Å². The molecule has 21 heteroatoms. The number of pyridine rings is 1. The van der Waals surface area contributed by atoms with E-state index in [4.69, 9.17) is 10.5 Å². The van der Waals surface area contributed by atoms with Gasteiger partial charge in [0.05, 0.1) is 41.3 Å². The van der Waals surface area contributed by atoms with E-state index in [2.05, 4.69) is 101 Å². The van der Waals surface area contributed by atoms with Crippen LogP contribution in [0.3, 0.4) is 0 Å². The van der Waals surface area contributed by atoms with E-state index in [0.717, 1.165) is 96.8 Å². The second kappa shape index (κ2) is 24.7. The van der Waals surface area contributed by atoms with Crippen LogP contribution in [0, 0.1) is 0 Å². The fourth-order valence-corrected chi connectivity index (χ4v) is 6.07. The summed E-state index contributed by atoms with van der Waals surface area (Å²) in [5.41, 5.74) is 6.60. The van der Waals surface area contributed by atoms with Crippen molar-refractivity contribution in [3.63, 3.8) is 0 Å². The van der Waals surface area contributed by atoms with Crippen LogP contribution in [-0.4, -0.2) is 47.6 Å². The molecule has 2 heterocycles. The normalized spacial score (nSPS) is 13.1. The van der Waals surface area contributed by atoms with E-state index >= 15 is 0 Å². The third-order valence-corrected chi connectivity index (χ3v) is 8.97. The second-order valence-corrected chi connectivity index (χ2v) is 27.1. The van der Waals surface area contributed by atoms with E-state index in [-0.39, 0.29) is 17.1 Å². The fourth-order valence-electron chi connectivity index (χ4n) is 6.07. The molecule has 0 spiro atoms. The molecule has 0 atom stereocenters. The molecule has 1 aliphatic rings. The predicted molar refractivity (Wildman–Crippen MR) is 269 cm³/mol. The number of carbonyl (C=O) groups excluding carboxylic acids is 2. The number of hydrogen-bond acceptors (Lipinski definition) is 6. The molecule has 1 aliphatic heterocycles. The molecule has 9 nitrogen and oxygen atoms in total. The summed E-state index contributed by atoms with van der Waals surface area (Å²) in [4.78, 5) is 30.2. The van der Waals surface area contributed by atoms with Gasteiger partial charge in [-0.2, -0.15) is 39.5 Å². The highest BCUT2D eigenvalue weighted by molar-refractivity contribution is 14.3. The predicted octanol–water partition coefficient (Wildman–Crippen LogP) is 14.3. The zero-order chi connectivity index (χ0) is 49.6. The molecule has 7 rings (SSSR count). The Morgan fingerprint density at radius 1 is 0.657 bits per heavy atom. The number of hydrogen-bond donors (Lipinski definition) is 4. The third kappa shape index (κ3) is 19.6. The summed E-state index contributed by atoms with van der Waals surface area (Å²) < 4.78 is 117. The first-order valence-corrected chi connectivity index (χ1v) is 23.0. The Bertz CT molecular complexity index is 2560. The molecule has 5 N–H and O–H groups in total. The number of alkyl halides is 12. The number of amides is 3. The van der Waals surface area contributed by atoms with Gasteiger partial charge in [-0.1, -0.05) is 122 Å². The standard InChI is InChI=1S/C28H25F3N4O2.C9H8F3NO.C7H6F3N.C2H3I3/c29-28(30,31)20-4-3-5-21(16-20)33-27(36)34-26-11-10-23(24-6-1-2-7-25(24)26)19-8-9-22(32-17-19)18-35-12-14-37-15-13-35;1-6(14)13-8-4-2-3-7(5-8)9(10,11)12;8-7(9,10)5-2-1-3-6(11)4-5;1-2(3,4)5/h1-11,16-17H,12-15,18H2,(H2,33,34,36);2-5H,1H3,(H,13,14);1-4H,11H2;1H3. The van der Waals surface area contributed by atoms with Gasteiger partial charge in [-0.3, -0.25) is 14.7 Å². The topological polar surface area (TPSA) is 122 Å². The number of fused-ring (bicyclic) bond motifs is 1. The number of morpholine rings is 1. The Morgan fingerprint density at radius 3 is 1.64 bits per heavy atom. The van der Waals surface area contributed by atoms with E-state index < -0.39 is 47.2 Å². The maximum Gasteiger partial charge on any atom is 0.416 e. The number of rotatable bonds is 6. The lowest BCUT2D eigenvalue weighted by Gasteiger charge is -2.26. The molecule has 1 aromatic heterocycles. The smallest absolute Gasteiger partial charge is 0.399 e. The number of benzene rings is 5. The van der Waals surface area contributed by atoms with Crippen LogP contribution >= 0.6 is 67.8 Å². The minimum absolute atomic E-state index is 0.0523. The molecule has 358 valence electrons. The van der Waals surface area contributed by atoms with Gasteiger partial charge in [-0.25, -0.2) is 4.79 Å². The summed E-state index contributed by atoms with van der Waals surface area (Å²) in [7, 11) is 0. The average molecular weight is 1280 g/mol. The van der Waals surface area contributed by atoms with Crippen molar-refractivity contribution < 1.29 is 53.8 Å². The van der Waals surface area contributed by atoms with Crippen LogP contribution in [0.2, 0.25) is 0 Å². The van der Waals surface area contributed by atoms with Gasteiger partial charge in [0.25, 0.3) is 0 Å². The Kier molecular flexibility index (Phi) is 20.3. The fraction of sp³-hybridized carbons (Fsp3) is 0.239. The van der Waals surface area contributed by atoms with Crippen LogP contribution in [0.4, 0.5) is 67.1 Å². The highest BCUT2D eigenvalue weighted by Crippen LogP contribution is 2.36. The monoisotopic (exact) mass is 1280 g/mol. The first-order chi connectivity index (χ1) is 31.3. The van der Waals surface area contributed by atoms with Gasteiger partial charge in [0.1, 0.15) is -0.565 Å². The van der Waals surface area contributed by atoms with Crippen molar-refractivity contribution in [2.45, 2.75) is 38.4 Å². The summed E-state index contributed by atoms with van der Waals surface area (Å²) >= 11 is 7.05. The van der Waals surface area contributed by atoms with Gasteiger partial charge >= 0.3 is 24.6 Å². The molecule has 0 aliphatic carbocycles. The van der Waals surface area contributed by atoms with Crippen molar-refractivity contribution in [3.8, 4) is 11.1 Å². The van der Waals surface area contributed by atoms with Gasteiger partial charge in [-0.15, -0.1) is 0 Å². The van der Waals surface area contributed by atoms with Crippen LogP contribution in [0.15, 0.2) is 128 Å². The van der Waals surface area contributed by atoms with E-state index in [1.54, 1.807) is 6.07 Å². The SMILES string of the molecule is CC(=O)Nc1cccc(C(F)(F)F)c1.CC(I)(I)I.Nc1cccc(C(F)(F)F)c1.O=C(Nc1cccc(C(F)(F)F)c1)Nc1ccc(-c2ccc(CN3CCOCC3)nc2)c2ccccc12. The van der Waals surface area contributed by atoms with Crippen molar-refractivity contribution >= 4 is 113 Å². The minimum Gasteiger partial charge on any atom is -0.399 e. The molecular formula is C46H42F9I3N6O3. The number of carbonyl (C=O) groups is 2. The Labute approximate surface area is 421 Å². The number of nitrogens with two attached hydrogens (primary N) is 1. The molecule has 67 heavy (non-hydrogen) atoms. The average Bonchev–Trinajstić information content (AvgIpc) is 3.23. The van der Waals surface area contributed by atoms with Gasteiger partial charge in [0.15, 0.2) is 0 Å². The largest absolute Gasteiger partial charge is 0.416 e. The molecule has 6 aromatic rings. The molecule has 0 radical (unpaired) electrons. The second-order valence-electron chi connectivity index (χ2n) is 14.5. The van der Waals surface area contributed by atoms with Gasteiger partial charge < -0.3 is 26.4 Å². The molecular weight excluding hydrogens is 1240 g/mol. The number of nitrogen functional groups attached to an aromatic ring is 1. The molecule has 0 saturated carbocycles.